The first kappa shape index (κ1) is 20.1. The summed E-state index contributed by atoms with van der Waals surface area (Å²) >= 11 is 0. The van der Waals surface area contributed by atoms with Crippen LogP contribution < -0.4 is 10.6 Å². The van der Waals surface area contributed by atoms with Crippen molar-refractivity contribution in [1.29, 1.82) is 0 Å². The molecular formula is C20H21FN2O4. The molecule has 2 aromatic carbocycles. The lowest BCUT2D eigenvalue weighted by molar-refractivity contribution is -0.137. The van der Waals surface area contributed by atoms with Crippen molar-refractivity contribution in [3.8, 4) is 0 Å². The van der Waals surface area contributed by atoms with E-state index in [1.807, 2.05) is 6.92 Å². The summed E-state index contributed by atoms with van der Waals surface area (Å²) in [5, 5.41) is 13.6. The van der Waals surface area contributed by atoms with Gasteiger partial charge in [0.05, 0.1) is 6.42 Å². The van der Waals surface area contributed by atoms with Gasteiger partial charge in [-0.1, -0.05) is 31.2 Å². The normalized spacial score (nSPS) is 11.5. The van der Waals surface area contributed by atoms with Crippen molar-refractivity contribution in [2.45, 2.75) is 25.7 Å². The van der Waals surface area contributed by atoms with Crippen molar-refractivity contribution in [2.24, 2.45) is 0 Å². The maximum Gasteiger partial charge on any atom is 0.322 e. The summed E-state index contributed by atoms with van der Waals surface area (Å²) in [5.41, 5.74) is 2.04. The van der Waals surface area contributed by atoms with Crippen molar-refractivity contribution in [1.82, 2.24) is 5.32 Å². The van der Waals surface area contributed by atoms with Crippen LogP contribution >= 0.6 is 0 Å². The number of amides is 2. The van der Waals surface area contributed by atoms with E-state index in [0.717, 1.165) is 5.56 Å². The van der Waals surface area contributed by atoms with Gasteiger partial charge in [-0.05, 0) is 41.3 Å². The van der Waals surface area contributed by atoms with Crippen LogP contribution in [0, 0.1) is 5.82 Å². The highest BCUT2D eigenvalue weighted by atomic mass is 19.1. The van der Waals surface area contributed by atoms with Gasteiger partial charge in [0.2, 0.25) is 11.8 Å². The maximum atomic E-state index is 13.3. The average Bonchev–Trinajstić information content (AvgIpc) is 2.61. The van der Waals surface area contributed by atoms with Crippen molar-refractivity contribution in [2.75, 3.05) is 11.9 Å². The fourth-order valence-corrected chi connectivity index (χ4v) is 2.55. The van der Waals surface area contributed by atoms with Crippen LogP contribution in [0.1, 0.15) is 30.4 Å². The van der Waals surface area contributed by atoms with Gasteiger partial charge in [0.25, 0.3) is 0 Å². The van der Waals surface area contributed by atoms with E-state index in [0.29, 0.717) is 11.3 Å². The number of benzene rings is 2. The second-order valence-corrected chi connectivity index (χ2v) is 6.25. The quantitative estimate of drug-likeness (QED) is 0.664. The number of carboxylic acid groups (broad SMARTS) is 1. The molecule has 1 atom stereocenters. The molecule has 0 bridgehead atoms. The summed E-state index contributed by atoms with van der Waals surface area (Å²) in [6.07, 6.45) is 0.265. The Morgan fingerprint density at radius 1 is 1.07 bits per heavy atom. The summed E-state index contributed by atoms with van der Waals surface area (Å²) in [6.45, 7) is 1.43. The summed E-state index contributed by atoms with van der Waals surface area (Å²) in [5.74, 6) is -2.15. The van der Waals surface area contributed by atoms with E-state index in [9.17, 15) is 18.8 Å². The van der Waals surface area contributed by atoms with Gasteiger partial charge >= 0.3 is 5.97 Å². The Balaban J connectivity index is 1.85. The van der Waals surface area contributed by atoms with Gasteiger partial charge in [0, 0.05) is 12.1 Å². The van der Waals surface area contributed by atoms with Gasteiger partial charge in [0.15, 0.2) is 0 Å². The van der Waals surface area contributed by atoms with Crippen LogP contribution in [0.15, 0.2) is 48.5 Å². The number of hydrogen-bond donors (Lipinski definition) is 3. The lowest BCUT2D eigenvalue weighted by atomic mass is 9.97. The third-order valence-corrected chi connectivity index (χ3v) is 3.95. The predicted molar refractivity (Wildman–Crippen MR) is 98.9 cm³/mol. The SMILES string of the molecule is CC(CC(=O)Nc1ccc(CC(=O)NCC(=O)O)cc1)c1cccc(F)c1. The van der Waals surface area contributed by atoms with Crippen molar-refractivity contribution < 1.29 is 23.9 Å². The molecule has 6 nitrogen and oxygen atoms in total. The van der Waals surface area contributed by atoms with Crippen LogP contribution in [0.5, 0.6) is 0 Å². The molecule has 0 heterocycles. The van der Waals surface area contributed by atoms with Crippen LogP contribution in [-0.4, -0.2) is 29.4 Å². The Bertz CT molecular complexity index is 821. The molecule has 0 radical (unpaired) electrons. The number of rotatable bonds is 8. The van der Waals surface area contributed by atoms with Crippen LogP contribution in [0.4, 0.5) is 10.1 Å². The second kappa shape index (κ2) is 9.47. The number of nitrogens with one attached hydrogen (secondary N) is 2. The maximum absolute atomic E-state index is 13.3. The first-order chi connectivity index (χ1) is 12.8. The van der Waals surface area contributed by atoms with E-state index in [4.69, 9.17) is 5.11 Å². The average molecular weight is 372 g/mol. The minimum atomic E-state index is -1.10. The molecule has 27 heavy (non-hydrogen) atoms. The topological polar surface area (TPSA) is 95.5 Å². The first-order valence-electron chi connectivity index (χ1n) is 8.46. The number of carbonyl (C=O) groups is 3. The Morgan fingerprint density at radius 3 is 2.41 bits per heavy atom. The zero-order chi connectivity index (χ0) is 19.8. The molecule has 0 aliphatic heterocycles. The largest absolute Gasteiger partial charge is 0.480 e. The Hall–Kier alpha value is -3.22. The highest BCUT2D eigenvalue weighted by Gasteiger charge is 2.12. The number of hydrogen-bond acceptors (Lipinski definition) is 3. The first-order valence-corrected chi connectivity index (χ1v) is 8.46. The second-order valence-electron chi connectivity index (χ2n) is 6.25. The summed E-state index contributed by atoms with van der Waals surface area (Å²) in [7, 11) is 0. The third kappa shape index (κ3) is 6.89. The smallest absolute Gasteiger partial charge is 0.322 e. The lowest BCUT2D eigenvalue weighted by Crippen LogP contribution is -2.30. The van der Waals surface area contributed by atoms with Crippen LogP contribution in [0.25, 0.3) is 0 Å². The monoisotopic (exact) mass is 372 g/mol. The fraction of sp³-hybridized carbons (Fsp3) is 0.250. The highest BCUT2D eigenvalue weighted by molar-refractivity contribution is 5.91. The zero-order valence-electron chi connectivity index (χ0n) is 14.9. The van der Waals surface area contributed by atoms with Gasteiger partial charge in [-0.15, -0.1) is 0 Å². The molecule has 0 aromatic heterocycles. The van der Waals surface area contributed by atoms with E-state index in [1.54, 1.807) is 36.4 Å². The molecular weight excluding hydrogens is 351 g/mol. The van der Waals surface area contributed by atoms with Gasteiger partial charge in [-0.3, -0.25) is 14.4 Å². The minimum absolute atomic E-state index is 0.0537. The van der Waals surface area contributed by atoms with Crippen LogP contribution in [-0.2, 0) is 20.8 Å². The molecule has 7 heteroatoms. The number of halogens is 1. The molecule has 0 saturated heterocycles. The predicted octanol–water partition coefficient (Wildman–Crippen LogP) is 2.70. The molecule has 1 unspecified atom stereocenters. The third-order valence-electron chi connectivity index (χ3n) is 3.95. The van der Waals surface area contributed by atoms with E-state index in [-0.39, 0.29) is 30.5 Å². The Labute approximate surface area is 156 Å². The van der Waals surface area contributed by atoms with E-state index in [2.05, 4.69) is 10.6 Å². The molecule has 0 spiro atoms. The molecule has 2 rings (SSSR count). The fourth-order valence-electron chi connectivity index (χ4n) is 2.55. The number of anilines is 1. The van der Waals surface area contributed by atoms with Gasteiger partial charge in [-0.2, -0.15) is 0 Å². The molecule has 0 aliphatic carbocycles. The van der Waals surface area contributed by atoms with Crippen LogP contribution in [0.2, 0.25) is 0 Å². The molecule has 2 amide bonds. The van der Waals surface area contributed by atoms with Crippen molar-refractivity contribution >= 4 is 23.5 Å². The van der Waals surface area contributed by atoms with Crippen LogP contribution in [0.3, 0.4) is 0 Å². The number of carboxylic acids is 1. The highest BCUT2D eigenvalue weighted by Crippen LogP contribution is 2.20. The van der Waals surface area contributed by atoms with Gasteiger partial charge in [0.1, 0.15) is 12.4 Å². The standard InChI is InChI=1S/C20H21FN2O4/c1-13(15-3-2-4-16(21)11-15)9-19(25)23-17-7-5-14(6-8-17)10-18(24)22-12-20(26)27/h2-8,11,13H,9-10,12H2,1H3,(H,22,24)(H,23,25)(H,26,27). The Morgan fingerprint density at radius 2 is 1.78 bits per heavy atom. The minimum Gasteiger partial charge on any atom is -0.480 e. The van der Waals surface area contributed by atoms with E-state index in [1.165, 1.54) is 12.1 Å². The van der Waals surface area contributed by atoms with Crippen molar-refractivity contribution in [3.05, 3.63) is 65.5 Å². The summed E-state index contributed by atoms with van der Waals surface area (Å²) < 4.78 is 13.3. The van der Waals surface area contributed by atoms with Crippen molar-refractivity contribution in [3.63, 3.8) is 0 Å². The lowest BCUT2D eigenvalue weighted by Gasteiger charge is -2.12. The molecule has 0 fully saturated rings. The molecule has 0 saturated carbocycles. The molecule has 2 aromatic rings. The number of aliphatic carboxylic acids is 1. The Kier molecular flexibility index (Phi) is 7.05. The molecule has 0 aliphatic rings. The van der Waals surface area contributed by atoms with E-state index < -0.39 is 18.4 Å². The van der Waals surface area contributed by atoms with Gasteiger partial charge < -0.3 is 15.7 Å². The van der Waals surface area contributed by atoms with E-state index >= 15 is 0 Å². The summed E-state index contributed by atoms with van der Waals surface area (Å²) in [6, 6.07) is 12.9. The van der Waals surface area contributed by atoms with Gasteiger partial charge in [-0.25, -0.2) is 4.39 Å². The summed E-state index contributed by atoms with van der Waals surface area (Å²) in [4.78, 5) is 34.2. The zero-order valence-corrected chi connectivity index (χ0v) is 14.9. The number of carbonyl (C=O) groups excluding carboxylic acids is 2. The molecule has 3 N–H and O–H groups in total. The molecule has 142 valence electrons.